The summed E-state index contributed by atoms with van der Waals surface area (Å²) in [5.74, 6) is 0.781. The maximum atomic E-state index is 13.0. The van der Waals surface area contributed by atoms with Gasteiger partial charge in [0, 0.05) is 37.0 Å². The third kappa shape index (κ3) is 4.93. The highest BCUT2D eigenvalue weighted by atomic mass is 16.2. The molecule has 2 amide bonds. The van der Waals surface area contributed by atoms with Crippen LogP contribution in [0.1, 0.15) is 67.8 Å². The summed E-state index contributed by atoms with van der Waals surface area (Å²) in [6, 6.07) is 5.90. The Bertz CT molecular complexity index is 988. The van der Waals surface area contributed by atoms with Gasteiger partial charge in [0.15, 0.2) is 5.82 Å². The van der Waals surface area contributed by atoms with Gasteiger partial charge in [0.25, 0.3) is 0 Å². The predicted molar refractivity (Wildman–Crippen MR) is 120 cm³/mol. The van der Waals surface area contributed by atoms with Gasteiger partial charge in [-0.2, -0.15) is 5.10 Å². The molecule has 7 heteroatoms. The monoisotopic (exact) mass is 419 g/mol. The number of H-pyrrole nitrogens is 1. The molecule has 1 unspecified atom stereocenters. The molecule has 3 heterocycles. The number of hydrogen-bond donors (Lipinski definition) is 2. The Labute approximate surface area is 182 Å². The molecular formula is C24H29N5O2. The molecule has 2 aromatic rings. The van der Waals surface area contributed by atoms with E-state index in [-0.39, 0.29) is 17.7 Å². The lowest BCUT2D eigenvalue weighted by Crippen LogP contribution is -2.33. The van der Waals surface area contributed by atoms with Crippen molar-refractivity contribution in [3.63, 3.8) is 0 Å². The standard InChI is InChI=1S/C24H29N5O2/c1-3-5-19(24(31)26-22-14-21(27-28-22)16-6-7-16)18-8-9-20(25-15-18)17-10-12-29(13-11-17)23(30)4-2/h4,8-10,14-16,19H,2-3,5-7,11-13H2,1H3,(H2,26,27,28,31). The fourth-order valence-corrected chi connectivity index (χ4v) is 3.99. The van der Waals surface area contributed by atoms with Gasteiger partial charge in [0.05, 0.1) is 11.6 Å². The van der Waals surface area contributed by atoms with E-state index in [0.29, 0.717) is 24.8 Å². The number of nitrogens with zero attached hydrogens (tertiary/aromatic N) is 3. The summed E-state index contributed by atoms with van der Waals surface area (Å²) >= 11 is 0. The molecule has 0 aromatic carbocycles. The number of aromatic amines is 1. The minimum absolute atomic E-state index is 0.0480. The van der Waals surface area contributed by atoms with E-state index in [0.717, 1.165) is 41.8 Å². The Morgan fingerprint density at radius 1 is 1.39 bits per heavy atom. The molecule has 1 aliphatic carbocycles. The van der Waals surface area contributed by atoms with E-state index in [9.17, 15) is 9.59 Å². The largest absolute Gasteiger partial charge is 0.335 e. The van der Waals surface area contributed by atoms with Gasteiger partial charge in [-0.25, -0.2) is 0 Å². The number of anilines is 1. The zero-order chi connectivity index (χ0) is 21.8. The van der Waals surface area contributed by atoms with Crippen LogP contribution in [0.4, 0.5) is 5.82 Å². The van der Waals surface area contributed by atoms with Crippen molar-refractivity contribution in [2.45, 2.75) is 50.9 Å². The van der Waals surface area contributed by atoms with Crippen molar-refractivity contribution in [3.05, 3.63) is 60.1 Å². The number of pyridine rings is 1. The number of aromatic nitrogens is 3. The highest BCUT2D eigenvalue weighted by Gasteiger charge is 2.27. The molecule has 1 fully saturated rings. The second-order valence-corrected chi connectivity index (χ2v) is 8.26. The molecule has 0 spiro atoms. The molecule has 7 nitrogen and oxygen atoms in total. The van der Waals surface area contributed by atoms with Crippen molar-refractivity contribution < 1.29 is 9.59 Å². The minimum atomic E-state index is -0.270. The topological polar surface area (TPSA) is 91.0 Å². The van der Waals surface area contributed by atoms with Gasteiger partial charge in [-0.15, -0.1) is 0 Å². The summed E-state index contributed by atoms with van der Waals surface area (Å²) in [7, 11) is 0. The van der Waals surface area contributed by atoms with Crippen molar-refractivity contribution in [1.82, 2.24) is 20.1 Å². The van der Waals surface area contributed by atoms with E-state index < -0.39 is 0 Å². The molecule has 0 radical (unpaired) electrons. The third-order valence-electron chi connectivity index (χ3n) is 5.97. The summed E-state index contributed by atoms with van der Waals surface area (Å²) in [5.41, 5.74) is 4.02. The maximum Gasteiger partial charge on any atom is 0.246 e. The summed E-state index contributed by atoms with van der Waals surface area (Å²) in [6.07, 6.45) is 9.96. The van der Waals surface area contributed by atoms with Crippen LogP contribution in [0.25, 0.3) is 5.57 Å². The first-order valence-corrected chi connectivity index (χ1v) is 11.0. The highest BCUT2D eigenvalue weighted by molar-refractivity contribution is 5.95. The molecule has 2 aromatic heterocycles. The molecule has 1 saturated carbocycles. The number of carbonyl (C=O) groups excluding carboxylic acids is 2. The highest BCUT2D eigenvalue weighted by Crippen LogP contribution is 2.39. The quantitative estimate of drug-likeness (QED) is 0.633. The molecule has 1 aliphatic heterocycles. The van der Waals surface area contributed by atoms with Crippen LogP contribution < -0.4 is 5.32 Å². The van der Waals surface area contributed by atoms with Crippen LogP contribution in [-0.2, 0) is 9.59 Å². The summed E-state index contributed by atoms with van der Waals surface area (Å²) in [5, 5.41) is 10.2. The first-order chi connectivity index (χ1) is 15.1. The van der Waals surface area contributed by atoms with Crippen LogP contribution in [0.3, 0.4) is 0 Å². The molecule has 4 rings (SSSR count). The van der Waals surface area contributed by atoms with Crippen molar-refractivity contribution in [2.24, 2.45) is 0 Å². The van der Waals surface area contributed by atoms with Crippen LogP contribution >= 0.6 is 0 Å². The second kappa shape index (κ2) is 9.29. The number of carbonyl (C=O) groups is 2. The van der Waals surface area contributed by atoms with Gasteiger partial charge in [-0.3, -0.25) is 19.7 Å². The Morgan fingerprint density at radius 3 is 2.84 bits per heavy atom. The molecule has 2 aliphatic rings. The maximum absolute atomic E-state index is 13.0. The predicted octanol–water partition coefficient (Wildman–Crippen LogP) is 4.01. The van der Waals surface area contributed by atoms with E-state index in [1.165, 1.54) is 18.9 Å². The van der Waals surface area contributed by atoms with Crippen molar-refractivity contribution in [1.29, 1.82) is 0 Å². The van der Waals surface area contributed by atoms with Crippen molar-refractivity contribution >= 4 is 23.2 Å². The van der Waals surface area contributed by atoms with Gasteiger partial charge in [0.1, 0.15) is 0 Å². The summed E-state index contributed by atoms with van der Waals surface area (Å²) in [4.78, 5) is 31.1. The second-order valence-electron chi connectivity index (χ2n) is 8.26. The van der Waals surface area contributed by atoms with Gasteiger partial charge >= 0.3 is 0 Å². The van der Waals surface area contributed by atoms with Gasteiger partial charge in [0.2, 0.25) is 11.8 Å². The molecule has 31 heavy (non-hydrogen) atoms. The Morgan fingerprint density at radius 2 is 2.23 bits per heavy atom. The number of hydrogen-bond acceptors (Lipinski definition) is 4. The number of nitrogens with one attached hydrogen (secondary N) is 2. The van der Waals surface area contributed by atoms with Crippen LogP contribution in [-0.4, -0.2) is 45.0 Å². The first kappa shape index (κ1) is 21.0. The number of rotatable bonds is 8. The SMILES string of the molecule is C=CC(=O)N1CC=C(c2ccc(C(CCC)C(=O)Nc3cc(C4CC4)[nH]n3)cn2)CC1. The van der Waals surface area contributed by atoms with Crippen LogP contribution in [0.5, 0.6) is 0 Å². The van der Waals surface area contributed by atoms with E-state index >= 15 is 0 Å². The average molecular weight is 420 g/mol. The fourth-order valence-electron chi connectivity index (χ4n) is 3.99. The number of amides is 2. The minimum Gasteiger partial charge on any atom is -0.335 e. The van der Waals surface area contributed by atoms with E-state index in [2.05, 4.69) is 34.0 Å². The molecule has 1 atom stereocenters. The smallest absolute Gasteiger partial charge is 0.246 e. The van der Waals surface area contributed by atoms with Gasteiger partial charge in [-0.1, -0.05) is 32.1 Å². The summed E-state index contributed by atoms with van der Waals surface area (Å²) < 4.78 is 0. The molecule has 0 bridgehead atoms. The normalized spacial score (nSPS) is 17.1. The molecule has 0 saturated heterocycles. The Hall–Kier alpha value is -3.22. The van der Waals surface area contributed by atoms with Crippen molar-refractivity contribution in [3.8, 4) is 0 Å². The zero-order valence-corrected chi connectivity index (χ0v) is 17.9. The molecule has 2 N–H and O–H groups in total. The van der Waals surface area contributed by atoms with Gasteiger partial charge < -0.3 is 10.2 Å². The fraction of sp³-hybridized carbons (Fsp3) is 0.417. The van der Waals surface area contributed by atoms with Crippen LogP contribution in [0.15, 0.2) is 43.1 Å². The molecular weight excluding hydrogens is 390 g/mol. The van der Waals surface area contributed by atoms with Crippen molar-refractivity contribution in [2.75, 3.05) is 18.4 Å². The third-order valence-corrected chi connectivity index (χ3v) is 5.97. The zero-order valence-electron chi connectivity index (χ0n) is 17.9. The Kier molecular flexibility index (Phi) is 6.30. The van der Waals surface area contributed by atoms with Gasteiger partial charge in [-0.05, 0) is 49.0 Å². The van der Waals surface area contributed by atoms with E-state index in [4.69, 9.17) is 0 Å². The van der Waals surface area contributed by atoms with Crippen LogP contribution in [0, 0.1) is 0 Å². The van der Waals surface area contributed by atoms with Crippen LogP contribution in [0.2, 0.25) is 0 Å². The summed E-state index contributed by atoms with van der Waals surface area (Å²) in [6.45, 7) is 6.84. The van der Waals surface area contributed by atoms with E-state index in [1.807, 2.05) is 24.3 Å². The lowest BCUT2D eigenvalue weighted by atomic mass is 9.94. The average Bonchev–Trinajstić information content (AvgIpc) is 3.56. The first-order valence-electron chi connectivity index (χ1n) is 11.0. The molecule has 162 valence electrons. The lowest BCUT2D eigenvalue weighted by molar-refractivity contribution is -0.125. The Balaban J connectivity index is 1.43. The lowest BCUT2D eigenvalue weighted by Gasteiger charge is -2.25. The van der Waals surface area contributed by atoms with E-state index in [1.54, 1.807) is 11.1 Å².